The second-order valence-electron chi connectivity index (χ2n) is 16.3. The van der Waals surface area contributed by atoms with Crippen LogP contribution in [0, 0.1) is 0 Å². The molecule has 1 heteroatoms. The van der Waals surface area contributed by atoms with Crippen LogP contribution in [-0.4, -0.2) is 0 Å². The van der Waals surface area contributed by atoms with Gasteiger partial charge < -0.3 is 4.90 Å². The Kier molecular flexibility index (Phi) is 8.47. The SMILES string of the molecule is c1ccc(-c2c3ccccc3c(-c3ccc(N(c4ccc(C5(c6ccccc6)c6ccccc6-c6ccccc65)cc4)c4cccc5ccccc45)cc3)c3ccccc23)cc1. The molecular weight excluding hydrogens is 747 g/mol. The van der Waals surface area contributed by atoms with Gasteiger partial charge in [-0.05, 0) is 113 Å². The standard InChI is InChI=1S/C61H41N/c1-3-19-43(20-4-1)59-52-27-9-11-29-54(52)60(55-30-12-10-28-53(55)59)44-34-38-47(39-35-44)62(58-33-17-21-42-18-7-8-24-49(42)58)48-40-36-46(37-41-48)61(45-22-5-2-6-23-45)56-31-15-13-25-50(56)51-26-14-16-32-57(51)61/h1-41H. The van der Waals surface area contributed by atoms with Gasteiger partial charge in [0.05, 0.1) is 11.1 Å². The Morgan fingerprint density at radius 3 is 1.24 bits per heavy atom. The van der Waals surface area contributed by atoms with Crippen molar-refractivity contribution in [3.8, 4) is 33.4 Å². The van der Waals surface area contributed by atoms with Crippen molar-refractivity contribution in [2.45, 2.75) is 5.41 Å². The minimum atomic E-state index is -0.458. The number of rotatable bonds is 7. The van der Waals surface area contributed by atoms with E-state index in [1.54, 1.807) is 0 Å². The highest BCUT2D eigenvalue weighted by atomic mass is 15.1. The maximum Gasteiger partial charge on any atom is 0.0713 e. The van der Waals surface area contributed by atoms with Crippen LogP contribution in [0.25, 0.3) is 65.7 Å². The van der Waals surface area contributed by atoms with Gasteiger partial charge in [-0.2, -0.15) is 0 Å². The largest absolute Gasteiger partial charge is 0.310 e. The quantitative estimate of drug-likeness (QED) is 0.145. The zero-order valence-corrected chi connectivity index (χ0v) is 34.1. The van der Waals surface area contributed by atoms with Crippen LogP contribution in [0.2, 0.25) is 0 Å². The molecule has 0 N–H and O–H groups in total. The maximum absolute atomic E-state index is 2.43. The maximum atomic E-state index is 2.43. The lowest BCUT2D eigenvalue weighted by molar-refractivity contribution is 0.768. The van der Waals surface area contributed by atoms with E-state index in [1.165, 1.54) is 88.0 Å². The van der Waals surface area contributed by atoms with E-state index in [1.807, 2.05) is 0 Å². The first-order chi connectivity index (χ1) is 30.8. The average Bonchev–Trinajstić information content (AvgIpc) is 3.65. The van der Waals surface area contributed by atoms with Crippen LogP contribution in [-0.2, 0) is 5.41 Å². The highest BCUT2D eigenvalue weighted by Crippen LogP contribution is 2.56. The Balaban J connectivity index is 1.03. The van der Waals surface area contributed by atoms with Crippen LogP contribution in [0.1, 0.15) is 22.3 Å². The molecule has 12 rings (SSSR count). The van der Waals surface area contributed by atoms with Crippen LogP contribution in [0.3, 0.4) is 0 Å². The predicted molar refractivity (Wildman–Crippen MR) is 262 cm³/mol. The molecule has 11 aromatic rings. The summed E-state index contributed by atoms with van der Waals surface area (Å²) in [7, 11) is 0. The van der Waals surface area contributed by atoms with Gasteiger partial charge in [0.15, 0.2) is 0 Å². The third-order valence-corrected chi connectivity index (χ3v) is 13.1. The second-order valence-corrected chi connectivity index (χ2v) is 16.3. The van der Waals surface area contributed by atoms with Gasteiger partial charge in [-0.1, -0.05) is 218 Å². The van der Waals surface area contributed by atoms with Gasteiger partial charge in [-0.15, -0.1) is 0 Å². The third kappa shape index (κ3) is 5.49. The Morgan fingerprint density at radius 1 is 0.274 bits per heavy atom. The van der Waals surface area contributed by atoms with E-state index in [0.29, 0.717) is 0 Å². The minimum absolute atomic E-state index is 0.458. The molecule has 1 aliphatic carbocycles. The van der Waals surface area contributed by atoms with Crippen LogP contribution >= 0.6 is 0 Å². The molecule has 0 radical (unpaired) electrons. The van der Waals surface area contributed by atoms with Gasteiger partial charge >= 0.3 is 0 Å². The number of hydrogen-bond donors (Lipinski definition) is 0. The van der Waals surface area contributed by atoms with Crippen molar-refractivity contribution in [2.24, 2.45) is 0 Å². The van der Waals surface area contributed by atoms with Gasteiger partial charge in [-0.3, -0.25) is 0 Å². The van der Waals surface area contributed by atoms with Crippen molar-refractivity contribution < 1.29 is 0 Å². The van der Waals surface area contributed by atoms with E-state index >= 15 is 0 Å². The normalized spacial score (nSPS) is 12.6. The summed E-state index contributed by atoms with van der Waals surface area (Å²) in [5.74, 6) is 0. The Morgan fingerprint density at radius 2 is 0.677 bits per heavy atom. The molecule has 1 nitrogen and oxygen atoms in total. The van der Waals surface area contributed by atoms with E-state index in [0.717, 1.165) is 17.1 Å². The van der Waals surface area contributed by atoms with Crippen LogP contribution < -0.4 is 4.90 Å². The summed E-state index contributed by atoms with van der Waals surface area (Å²) in [4.78, 5) is 2.43. The van der Waals surface area contributed by atoms with Gasteiger partial charge in [-0.25, -0.2) is 0 Å². The Labute approximate surface area is 362 Å². The van der Waals surface area contributed by atoms with Crippen LogP contribution in [0.4, 0.5) is 17.1 Å². The highest BCUT2D eigenvalue weighted by Gasteiger charge is 2.45. The van der Waals surface area contributed by atoms with Crippen LogP contribution in [0.15, 0.2) is 249 Å². The van der Waals surface area contributed by atoms with Gasteiger partial charge in [0.25, 0.3) is 0 Å². The van der Waals surface area contributed by atoms with Crippen molar-refractivity contribution in [3.63, 3.8) is 0 Å². The molecule has 0 aromatic heterocycles. The van der Waals surface area contributed by atoms with Crippen molar-refractivity contribution >= 4 is 49.4 Å². The monoisotopic (exact) mass is 787 g/mol. The number of anilines is 3. The molecule has 0 heterocycles. The zero-order valence-electron chi connectivity index (χ0n) is 34.1. The summed E-state index contributed by atoms with van der Waals surface area (Å²) in [5, 5.41) is 7.44. The Bertz CT molecular complexity index is 3330. The summed E-state index contributed by atoms with van der Waals surface area (Å²) >= 11 is 0. The lowest BCUT2D eigenvalue weighted by atomic mass is 9.68. The molecule has 0 saturated carbocycles. The molecule has 0 saturated heterocycles. The highest BCUT2D eigenvalue weighted by molar-refractivity contribution is 6.21. The van der Waals surface area contributed by atoms with Crippen LogP contribution in [0.5, 0.6) is 0 Å². The molecule has 0 fully saturated rings. The third-order valence-electron chi connectivity index (χ3n) is 13.1. The number of benzene rings is 11. The van der Waals surface area contributed by atoms with E-state index in [9.17, 15) is 0 Å². The van der Waals surface area contributed by atoms with Crippen molar-refractivity contribution in [1.29, 1.82) is 0 Å². The summed E-state index contributed by atoms with van der Waals surface area (Å²) < 4.78 is 0. The molecule has 62 heavy (non-hydrogen) atoms. The molecule has 0 aliphatic heterocycles. The molecule has 0 spiro atoms. The van der Waals surface area contributed by atoms with Gasteiger partial charge in [0.1, 0.15) is 0 Å². The lowest BCUT2D eigenvalue weighted by Crippen LogP contribution is -2.28. The average molecular weight is 788 g/mol. The van der Waals surface area contributed by atoms with Gasteiger partial charge in [0, 0.05) is 16.8 Å². The fraction of sp³-hybridized carbons (Fsp3) is 0.0164. The lowest BCUT2D eigenvalue weighted by Gasteiger charge is -2.34. The minimum Gasteiger partial charge on any atom is -0.310 e. The molecule has 290 valence electrons. The topological polar surface area (TPSA) is 3.24 Å². The van der Waals surface area contributed by atoms with Crippen molar-refractivity contribution in [3.05, 3.63) is 271 Å². The molecule has 0 unspecified atom stereocenters. The first-order valence-electron chi connectivity index (χ1n) is 21.5. The molecule has 0 atom stereocenters. The summed E-state index contributed by atoms with van der Waals surface area (Å²) in [5.41, 5.74) is 15.6. The van der Waals surface area contributed by atoms with E-state index in [2.05, 4.69) is 254 Å². The van der Waals surface area contributed by atoms with Gasteiger partial charge in [0.2, 0.25) is 0 Å². The van der Waals surface area contributed by atoms with E-state index < -0.39 is 5.41 Å². The van der Waals surface area contributed by atoms with E-state index in [4.69, 9.17) is 0 Å². The zero-order chi connectivity index (χ0) is 41.0. The first kappa shape index (κ1) is 35.9. The number of fused-ring (bicyclic) bond motifs is 6. The second kappa shape index (κ2) is 14.6. The Hall–Kier alpha value is -8.00. The van der Waals surface area contributed by atoms with Crippen molar-refractivity contribution in [2.75, 3.05) is 4.90 Å². The number of nitrogens with zero attached hydrogens (tertiary/aromatic N) is 1. The summed E-state index contributed by atoms with van der Waals surface area (Å²) in [6.45, 7) is 0. The smallest absolute Gasteiger partial charge is 0.0713 e. The predicted octanol–water partition coefficient (Wildman–Crippen LogP) is 16.3. The molecule has 1 aliphatic rings. The first-order valence-corrected chi connectivity index (χ1v) is 21.5. The number of hydrogen-bond acceptors (Lipinski definition) is 1. The fourth-order valence-electron chi connectivity index (χ4n) is 10.5. The van der Waals surface area contributed by atoms with Crippen molar-refractivity contribution in [1.82, 2.24) is 0 Å². The van der Waals surface area contributed by atoms with E-state index in [-0.39, 0.29) is 0 Å². The summed E-state index contributed by atoms with van der Waals surface area (Å²) in [6.07, 6.45) is 0. The molecular formula is C61H41N. The molecule has 11 aromatic carbocycles. The summed E-state index contributed by atoms with van der Waals surface area (Å²) in [6, 6.07) is 91.5. The fourth-order valence-corrected chi connectivity index (χ4v) is 10.5. The molecule has 0 amide bonds. The molecule has 0 bridgehead atoms.